The topological polar surface area (TPSA) is 141 Å². The number of nitriles is 1. The van der Waals surface area contributed by atoms with E-state index in [9.17, 15) is 37.6 Å². The summed E-state index contributed by atoms with van der Waals surface area (Å²) in [5.41, 5.74) is -1.32. The van der Waals surface area contributed by atoms with E-state index in [1.165, 1.54) is 11.8 Å². The number of rotatable bonds is 9. The number of nitrogens with zero attached hydrogens (tertiary/aromatic N) is 2. The van der Waals surface area contributed by atoms with Gasteiger partial charge in [-0.3, -0.25) is 19.2 Å². The third kappa shape index (κ3) is 5.92. The Kier molecular flexibility index (Phi) is 7.44. The lowest BCUT2D eigenvalue weighted by molar-refractivity contribution is -0.177. The van der Waals surface area contributed by atoms with Crippen LogP contribution in [0.4, 0.5) is 13.2 Å². The molecule has 13 heteroatoms. The average Bonchev–Trinajstić information content (AvgIpc) is 3.53. The normalized spacial score (nSPS) is 31.2. The predicted molar refractivity (Wildman–Crippen MR) is 135 cm³/mol. The maximum absolute atomic E-state index is 13.8. The summed E-state index contributed by atoms with van der Waals surface area (Å²) in [5.74, 6) is -4.76. The second kappa shape index (κ2) is 9.89. The van der Waals surface area contributed by atoms with E-state index in [4.69, 9.17) is 4.74 Å². The molecule has 0 unspecified atom stereocenters. The van der Waals surface area contributed by atoms with Crippen LogP contribution >= 0.6 is 0 Å². The van der Waals surface area contributed by atoms with E-state index in [2.05, 4.69) is 10.6 Å². The molecule has 222 valence electrons. The van der Waals surface area contributed by atoms with E-state index in [-0.39, 0.29) is 36.1 Å². The molecule has 2 saturated heterocycles. The highest BCUT2D eigenvalue weighted by Crippen LogP contribution is 2.65. The maximum Gasteiger partial charge on any atom is 0.471 e. The number of amides is 4. The number of carbonyl (C=O) groups excluding carboxylic acids is 4. The number of ether oxygens (including phenoxy) is 1. The van der Waals surface area contributed by atoms with Gasteiger partial charge in [0.15, 0.2) is 0 Å². The van der Waals surface area contributed by atoms with Gasteiger partial charge in [0.2, 0.25) is 17.7 Å². The van der Waals surface area contributed by atoms with E-state index >= 15 is 0 Å². The summed E-state index contributed by atoms with van der Waals surface area (Å²) in [7, 11) is 0. The van der Waals surface area contributed by atoms with Crippen LogP contribution in [0.1, 0.15) is 67.2 Å². The number of likely N-dealkylation sites (tertiary alicyclic amines) is 1. The van der Waals surface area contributed by atoms with Crippen LogP contribution in [0.15, 0.2) is 0 Å². The van der Waals surface area contributed by atoms with Gasteiger partial charge in [-0.2, -0.15) is 18.4 Å². The van der Waals surface area contributed by atoms with Crippen molar-refractivity contribution in [1.82, 2.24) is 20.9 Å². The molecule has 2 aliphatic carbocycles. The zero-order valence-electron chi connectivity index (χ0n) is 23.6. The number of alkyl halides is 3. The summed E-state index contributed by atoms with van der Waals surface area (Å²) in [6, 6.07) is -1.70. The summed E-state index contributed by atoms with van der Waals surface area (Å²) in [6.45, 7) is 10.9. The molecule has 0 spiro atoms. The molecule has 4 fully saturated rings. The first-order valence-corrected chi connectivity index (χ1v) is 13.7. The zero-order chi connectivity index (χ0) is 30.0. The molecule has 0 aromatic heterocycles. The fourth-order valence-corrected chi connectivity index (χ4v) is 6.48. The molecular formula is C27H38F3N5O5. The quantitative estimate of drug-likeness (QED) is 0.387. The minimum atomic E-state index is -5.21. The van der Waals surface area contributed by atoms with E-state index in [1.807, 2.05) is 33.8 Å². The van der Waals surface area contributed by atoms with Gasteiger partial charge in [-0.1, -0.05) is 13.8 Å². The molecule has 0 aromatic carbocycles. The molecule has 2 heterocycles. The largest absolute Gasteiger partial charge is 0.471 e. The van der Waals surface area contributed by atoms with Crippen LogP contribution in [-0.2, 0) is 23.9 Å². The van der Waals surface area contributed by atoms with E-state index in [0.29, 0.717) is 19.3 Å². The van der Waals surface area contributed by atoms with Crippen molar-refractivity contribution in [3.63, 3.8) is 0 Å². The summed E-state index contributed by atoms with van der Waals surface area (Å²) < 4.78 is 45.3. The number of nitrogens with one attached hydrogen (secondary N) is 3. The minimum Gasteiger partial charge on any atom is -0.370 e. The van der Waals surface area contributed by atoms with Crippen molar-refractivity contribution in [3.05, 3.63) is 0 Å². The Morgan fingerprint density at radius 2 is 1.80 bits per heavy atom. The number of hydrogen-bond acceptors (Lipinski definition) is 6. The molecule has 2 saturated carbocycles. The molecule has 40 heavy (non-hydrogen) atoms. The first-order valence-electron chi connectivity index (χ1n) is 13.7. The number of piperidine rings is 1. The Balaban J connectivity index is 1.53. The van der Waals surface area contributed by atoms with E-state index < -0.39 is 65.2 Å². The van der Waals surface area contributed by atoms with Crippen molar-refractivity contribution in [2.45, 2.75) is 109 Å². The van der Waals surface area contributed by atoms with Gasteiger partial charge in [-0.25, -0.2) is 0 Å². The lowest BCUT2D eigenvalue weighted by Gasteiger charge is -2.35. The van der Waals surface area contributed by atoms with Crippen molar-refractivity contribution in [3.8, 4) is 6.07 Å². The monoisotopic (exact) mass is 569 g/mol. The smallest absolute Gasteiger partial charge is 0.370 e. The van der Waals surface area contributed by atoms with Gasteiger partial charge < -0.3 is 25.6 Å². The second-order valence-electron chi connectivity index (χ2n) is 13.3. The van der Waals surface area contributed by atoms with Gasteiger partial charge in [0.1, 0.15) is 18.1 Å². The van der Waals surface area contributed by atoms with E-state index in [0.717, 1.165) is 0 Å². The van der Waals surface area contributed by atoms with Crippen LogP contribution in [0.3, 0.4) is 0 Å². The number of halogens is 3. The maximum atomic E-state index is 13.8. The minimum absolute atomic E-state index is 0.0784. The van der Waals surface area contributed by atoms with Crippen LogP contribution in [0, 0.1) is 34.5 Å². The molecule has 0 aromatic rings. The van der Waals surface area contributed by atoms with Crippen LogP contribution in [0.25, 0.3) is 0 Å². The Hall–Kier alpha value is -2.88. The molecular weight excluding hydrogens is 531 g/mol. The molecule has 0 bridgehead atoms. The van der Waals surface area contributed by atoms with Crippen LogP contribution in [0.2, 0.25) is 0 Å². The van der Waals surface area contributed by atoms with Crippen molar-refractivity contribution in [1.29, 1.82) is 5.26 Å². The Bertz CT molecular complexity index is 1130. The molecule has 4 rings (SSSR count). The molecule has 4 aliphatic rings. The fourth-order valence-electron chi connectivity index (χ4n) is 6.48. The number of carbonyl (C=O) groups is 4. The van der Waals surface area contributed by atoms with Gasteiger partial charge in [0.25, 0.3) is 0 Å². The van der Waals surface area contributed by atoms with Crippen LogP contribution in [-0.4, -0.2) is 76.6 Å². The lowest BCUT2D eigenvalue weighted by atomic mass is 9.91. The van der Waals surface area contributed by atoms with Crippen LogP contribution in [0.5, 0.6) is 0 Å². The molecule has 0 radical (unpaired) electrons. The highest BCUT2D eigenvalue weighted by molar-refractivity contribution is 5.95. The summed E-state index contributed by atoms with van der Waals surface area (Å²) in [5, 5.41) is 17.1. The SMILES string of the molecule is C[C@@H](OC1(C)CC1)[C@H](NC(=O)C(F)(F)F)C(=O)N1C[C@H]2[C@@H]([C@H]1C(=O)N[C@H](C#N)C[C@@H]1CC(C)(C)NC1=O)C2(C)C. The third-order valence-corrected chi connectivity index (χ3v) is 9.05. The molecule has 7 atom stereocenters. The Labute approximate surface area is 231 Å². The van der Waals surface area contributed by atoms with Crippen molar-refractivity contribution in [2.24, 2.45) is 23.2 Å². The van der Waals surface area contributed by atoms with Crippen LogP contribution < -0.4 is 16.0 Å². The van der Waals surface area contributed by atoms with Gasteiger partial charge in [-0.15, -0.1) is 0 Å². The summed E-state index contributed by atoms with van der Waals surface area (Å²) in [6.07, 6.45) is -4.38. The third-order valence-electron chi connectivity index (χ3n) is 9.05. The highest BCUT2D eigenvalue weighted by atomic mass is 19.4. The van der Waals surface area contributed by atoms with Crippen molar-refractivity contribution < 1.29 is 37.1 Å². The molecule has 3 N–H and O–H groups in total. The molecule has 4 amide bonds. The predicted octanol–water partition coefficient (Wildman–Crippen LogP) is 1.79. The Morgan fingerprint density at radius 3 is 2.30 bits per heavy atom. The lowest BCUT2D eigenvalue weighted by Crippen LogP contribution is -2.61. The Morgan fingerprint density at radius 1 is 1.18 bits per heavy atom. The highest BCUT2D eigenvalue weighted by Gasteiger charge is 2.70. The van der Waals surface area contributed by atoms with Gasteiger partial charge in [0.05, 0.1) is 17.8 Å². The molecule has 2 aliphatic heterocycles. The van der Waals surface area contributed by atoms with Crippen molar-refractivity contribution >= 4 is 23.6 Å². The van der Waals surface area contributed by atoms with Crippen molar-refractivity contribution in [2.75, 3.05) is 6.54 Å². The first kappa shape index (κ1) is 30.1. The number of hydrogen-bond donors (Lipinski definition) is 3. The summed E-state index contributed by atoms with van der Waals surface area (Å²) >= 11 is 0. The number of fused-ring (bicyclic) bond motifs is 1. The second-order valence-corrected chi connectivity index (χ2v) is 13.3. The zero-order valence-corrected chi connectivity index (χ0v) is 23.6. The first-order chi connectivity index (χ1) is 18.3. The average molecular weight is 570 g/mol. The van der Waals surface area contributed by atoms with Gasteiger partial charge in [-0.05, 0) is 70.6 Å². The van der Waals surface area contributed by atoms with Gasteiger partial charge >= 0.3 is 12.1 Å². The fraction of sp³-hybridized carbons (Fsp3) is 0.815. The van der Waals surface area contributed by atoms with Gasteiger partial charge in [0, 0.05) is 18.0 Å². The van der Waals surface area contributed by atoms with E-state index in [1.54, 1.807) is 12.2 Å². The molecule has 10 nitrogen and oxygen atoms in total. The summed E-state index contributed by atoms with van der Waals surface area (Å²) in [4.78, 5) is 52.8. The standard InChI is InChI=1S/C27H38F3N5O5/c1-13(40-26(6)7-8-26)18(33-23(39)27(28,29)30)22(38)35-12-16-17(25(16,4)5)19(35)21(37)32-15(11-31)9-14-10-24(2,3)34-20(14)36/h13-19H,7-10,12H2,1-6H3,(H,32,37)(H,33,39)(H,34,36)/t13-,14-,15+,16+,17+,18+,19+/m1/s1.